The summed E-state index contributed by atoms with van der Waals surface area (Å²) in [5.74, 6) is 3.31. The van der Waals surface area contributed by atoms with Crippen LogP contribution in [0.4, 0.5) is 0 Å². The number of amides is 1. The Morgan fingerprint density at radius 3 is 2.63 bits per heavy atom. The van der Waals surface area contributed by atoms with E-state index in [4.69, 9.17) is 0 Å². The first-order valence-corrected chi connectivity index (χ1v) is 8.84. The van der Waals surface area contributed by atoms with Crippen LogP contribution < -0.4 is 5.32 Å². The highest BCUT2D eigenvalue weighted by Gasteiger charge is 2.59. The van der Waals surface area contributed by atoms with E-state index in [1.807, 2.05) is 11.8 Å². The fourth-order valence-corrected chi connectivity index (χ4v) is 3.78. The van der Waals surface area contributed by atoms with Crippen LogP contribution in [-0.4, -0.2) is 40.1 Å². The van der Waals surface area contributed by atoms with Crippen molar-refractivity contribution in [3.8, 4) is 0 Å². The molecule has 2 unspecified atom stereocenters. The summed E-state index contributed by atoms with van der Waals surface area (Å²) in [5, 5.41) is 3.61. The molecule has 0 aromatic rings. The molecule has 1 saturated carbocycles. The van der Waals surface area contributed by atoms with Gasteiger partial charge in [-0.2, -0.15) is 11.8 Å². The molecule has 1 amide bonds. The van der Waals surface area contributed by atoms with Crippen LogP contribution in [0.5, 0.6) is 0 Å². The topological polar surface area (TPSA) is 32.3 Å². The molecule has 1 heterocycles. The summed E-state index contributed by atoms with van der Waals surface area (Å²) < 4.78 is 0. The fourth-order valence-electron chi connectivity index (χ4n) is 2.99. The van der Waals surface area contributed by atoms with E-state index in [0.29, 0.717) is 17.9 Å². The third kappa shape index (κ3) is 3.27. The molecule has 1 spiro atoms. The molecule has 19 heavy (non-hydrogen) atoms. The second-order valence-corrected chi connectivity index (χ2v) is 7.81. The summed E-state index contributed by atoms with van der Waals surface area (Å²) in [4.78, 5) is 14.8. The Labute approximate surface area is 121 Å². The Hall–Kier alpha value is -0.220. The number of nitrogens with zero attached hydrogens (tertiary/aromatic N) is 1. The lowest BCUT2D eigenvalue weighted by Gasteiger charge is -2.31. The normalized spacial score (nSPS) is 26.5. The third-order valence-electron chi connectivity index (χ3n) is 4.23. The molecule has 4 heteroatoms. The highest BCUT2D eigenvalue weighted by molar-refractivity contribution is 7.99. The summed E-state index contributed by atoms with van der Waals surface area (Å²) in [5.41, 5.74) is -0.161. The molecule has 2 aliphatic rings. The number of carbonyl (C=O) groups is 1. The van der Waals surface area contributed by atoms with Gasteiger partial charge in [-0.15, -0.1) is 0 Å². The predicted molar refractivity (Wildman–Crippen MR) is 82.3 cm³/mol. The number of nitrogens with one attached hydrogen (secondary N) is 1. The Balaban J connectivity index is 1.99. The van der Waals surface area contributed by atoms with Gasteiger partial charge < -0.3 is 4.90 Å². The molecule has 3 nitrogen and oxygen atoms in total. The monoisotopic (exact) mass is 284 g/mol. The van der Waals surface area contributed by atoms with Crippen LogP contribution in [-0.2, 0) is 4.79 Å². The van der Waals surface area contributed by atoms with Gasteiger partial charge in [0.05, 0.1) is 11.7 Å². The van der Waals surface area contributed by atoms with Crippen molar-refractivity contribution in [3.05, 3.63) is 0 Å². The SMILES string of the molecule is CCSCCC(C)N1C(=O)C2(CC2)NC1CC(C)C. The van der Waals surface area contributed by atoms with Gasteiger partial charge in [-0.1, -0.05) is 20.8 Å². The molecule has 1 aliphatic carbocycles. The van der Waals surface area contributed by atoms with E-state index in [-0.39, 0.29) is 11.7 Å². The minimum atomic E-state index is -0.161. The van der Waals surface area contributed by atoms with Crippen LogP contribution in [0.2, 0.25) is 0 Å². The Morgan fingerprint density at radius 2 is 2.11 bits per heavy atom. The zero-order valence-electron chi connectivity index (χ0n) is 12.7. The maximum atomic E-state index is 12.6. The van der Waals surface area contributed by atoms with E-state index in [2.05, 4.69) is 37.9 Å². The highest BCUT2D eigenvalue weighted by atomic mass is 32.2. The molecule has 0 bridgehead atoms. The van der Waals surface area contributed by atoms with Crippen molar-refractivity contribution in [3.63, 3.8) is 0 Å². The Kier molecular flexibility index (Phi) is 4.83. The molecular formula is C15H28N2OS. The lowest BCUT2D eigenvalue weighted by Crippen LogP contribution is -2.44. The Morgan fingerprint density at radius 1 is 1.42 bits per heavy atom. The summed E-state index contributed by atoms with van der Waals surface area (Å²) >= 11 is 1.97. The molecule has 0 aromatic carbocycles. The van der Waals surface area contributed by atoms with Crippen LogP contribution in [0, 0.1) is 5.92 Å². The average Bonchev–Trinajstić information content (AvgIpc) is 3.04. The third-order valence-corrected chi connectivity index (χ3v) is 5.16. The van der Waals surface area contributed by atoms with E-state index >= 15 is 0 Å². The second kappa shape index (κ2) is 6.04. The van der Waals surface area contributed by atoms with E-state index in [0.717, 1.165) is 37.2 Å². The molecule has 2 rings (SSSR count). The fraction of sp³-hybridized carbons (Fsp3) is 0.933. The minimum Gasteiger partial charge on any atom is -0.323 e. The first-order valence-electron chi connectivity index (χ1n) is 7.68. The van der Waals surface area contributed by atoms with E-state index < -0.39 is 0 Å². The maximum Gasteiger partial charge on any atom is 0.244 e. The lowest BCUT2D eigenvalue weighted by atomic mass is 10.1. The summed E-state index contributed by atoms with van der Waals surface area (Å²) in [6.45, 7) is 8.88. The van der Waals surface area contributed by atoms with Gasteiger partial charge in [0.15, 0.2) is 0 Å². The summed E-state index contributed by atoms with van der Waals surface area (Å²) in [7, 11) is 0. The molecule has 2 atom stereocenters. The summed E-state index contributed by atoms with van der Waals surface area (Å²) in [6, 6.07) is 0.364. The largest absolute Gasteiger partial charge is 0.323 e. The molecule has 1 saturated heterocycles. The lowest BCUT2D eigenvalue weighted by molar-refractivity contribution is -0.132. The van der Waals surface area contributed by atoms with Crippen LogP contribution in [0.1, 0.15) is 53.4 Å². The first kappa shape index (κ1) is 15.2. The zero-order valence-corrected chi connectivity index (χ0v) is 13.6. The van der Waals surface area contributed by atoms with E-state index in [1.165, 1.54) is 0 Å². The number of carbonyl (C=O) groups excluding carboxylic acids is 1. The van der Waals surface area contributed by atoms with Crippen molar-refractivity contribution in [2.75, 3.05) is 11.5 Å². The molecular weight excluding hydrogens is 256 g/mol. The van der Waals surface area contributed by atoms with Gasteiger partial charge in [0.1, 0.15) is 0 Å². The molecule has 2 fully saturated rings. The van der Waals surface area contributed by atoms with Crippen molar-refractivity contribution >= 4 is 17.7 Å². The Bertz CT molecular complexity index is 328. The van der Waals surface area contributed by atoms with Crippen molar-refractivity contribution in [2.45, 2.75) is 71.1 Å². The highest BCUT2D eigenvalue weighted by Crippen LogP contribution is 2.44. The number of hydrogen-bond donors (Lipinski definition) is 1. The van der Waals surface area contributed by atoms with Gasteiger partial charge in [-0.3, -0.25) is 10.1 Å². The first-order chi connectivity index (χ1) is 9.00. The van der Waals surface area contributed by atoms with Crippen molar-refractivity contribution in [2.24, 2.45) is 5.92 Å². The molecule has 0 radical (unpaired) electrons. The van der Waals surface area contributed by atoms with Gasteiger partial charge in [0, 0.05) is 6.04 Å². The zero-order chi connectivity index (χ0) is 14.0. The maximum absolute atomic E-state index is 12.6. The second-order valence-electron chi connectivity index (χ2n) is 6.42. The standard InChI is InChI=1S/C15H28N2OS/c1-5-19-9-6-12(4)17-13(10-11(2)3)16-15(7-8-15)14(17)18/h11-13,16H,5-10H2,1-4H3. The predicted octanol–water partition coefficient (Wildman–Crippen LogP) is 2.85. The smallest absolute Gasteiger partial charge is 0.244 e. The quantitative estimate of drug-likeness (QED) is 0.730. The minimum absolute atomic E-state index is 0.161. The summed E-state index contributed by atoms with van der Waals surface area (Å²) in [6.07, 6.45) is 4.51. The van der Waals surface area contributed by atoms with Crippen molar-refractivity contribution in [1.29, 1.82) is 0 Å². The number of rotatable bonds is 7. The molecule has 0 aromatic heterocycles. The van der Waals surface area contributed by atoms with E-state index in [9.17, 15) is 4.79 Å². The van der Waals surface area contributed by atoms with Gasteiger partial charge in [-0.25, -0.2) is 0 Å². The van der Waals surface area contributed by atoms with Crippen LogP contribution in [0.3, 0.4) is 0 Å². The van der Waals surface area contributed by atoms with Gasteiger partial charge in [-0.05, 0) is 50.0 Å². The van der Waals surface area contributed by atoms with Crippen LogP contribution in [0.15, 0.2) is 0 Å². The van der Waals surface area contributed by atoms with Crippen LogP contribution >= 0.6 is 11.8 Å². The molecule has 1 N–H and O–H groups in total. The van der Waals surface area contributed by atoms with Crippen LogP contribution in [0.25, 0.3) is 0 Å². The molecule has 1 aliphatic heterocycles. The van der Waals surface area contributed by atoms with E-state index in [1.54, 1.807) is 0 Å². The van der Waals surface area contributed by atoms with Gasteiger partial charge in [0.25, 0.3) is 0 Å². The number of thioether (sulfide) groups is 1. The number of hydrogen-bond acceptors (Lipinski definition) is 3. The van der Waals surface area contributed by atoms with Crippen molar-refractivity contribution in [1.82, 2.24) is 10.2 Å². The average molecular weight is 284 g/mol. The van der Waals surface area contributed by atoms with Gasteiger partial charge >= 0.3 is 0 Å². The van der Waals surface area contributed by atoms with Crippen molar-refractivity contribution < 1.29 is 4.79 Å². The molecule has 110 valence electrons. The van der Waals surface area contributed by atoms with Gasteiger partial charge in [0.2, 0.25) is 5.91 Å².